The van der Waals surface area contributed by atoms with E-state index >= 15 is 0 Å². The number of aromatic nitrogens is 2. The number of alkyl halides is 3. The standard InChI is InChI=1S/C8H11F3N4O/c1-5-4-6(8(9,10)11)13-15(5)3-2-7(12)14-16/h4,16H,2-3H2,1H3,(H2,12,14). The van der Waals surface area contributed by atoms with Crippen molar-refractivity contribution in [1.29, 1.82) is 0 Å². The number of rotatable bonds is 3. The second-order valence-corrected chi connectivity index (χ2v) is 3.23. The molecule has 1 aromatic heterocycles. The zero-order chi connectivity index (χ0) is 12.3. The largest absolute Gasteiger partial charge is 0.435 e. The van der Waals surface area contributed by atoms with E-state index < -0.39 is 11.9 Å². The highest BCUT2D eigenvalue weighted by Crippen LogP contribution is 2.28. The third-order valence-electron chi connectivity index (χ3n) is 1.98. The molecule has 5 nitrogen and oxygen atoms in total. The van der Waals surface area contributed by atoms with Crippen molar-refractivity contribution in [2.24, 2.45) is 10.9 Å². The average Bonchev–Trinajstić information content (AvgIpc) is 2.56. The first-order valence-electron chi connectivity index (χ1n) is 4.42. The molecule has 0 fully saturated rings. The number of amidine groups is 1. The first kappa shape index (κ1) is 12.3. The fourth-order valence-corrected chi connectivity index (χ4v) is 1.15. The summed E-state index contributed by atoms with van der Waals surface area (Å²) in [4.78, 5) is 0. The Morgan fingerprint density at radius 3 is 2.69 bits per heavy atom. The molecule has 0 saturated heterocycles. The quantitative estimate of drug-likeness (QED) is 0.360. The smallest absolute Gasteiger partial charge is 0.409 e. The van der Waals surface area contributed by atoms with Gasteiger partial charge in [0.15, 0.2) is 5.69 Å². The van der Waals surface area contributed by atoms with Crippen LogP contribution in [-0.4, -0.2) is 20.8 Å². The number of nitrogens with two attached hydrogens (primary N) is 1. The Bertz CT molecular complexity index is 396. The molecule has 0 aliphatic rings. The highest BCUT2D eigenvalue weighted by atomic mass is 19.4. The summed E-state index contributed by atoms with van der Waals surface area (Å²) in [7, 11) is 0. The predicted molar refractivity (Wildman–Crippen MR) is 50.0 cm³/mol. The van der Waals surface area contributed by atoms with Crippen LogP contribution in [0.5, 0.6) is 0 Å². The van der Waals surface area contributed by atoms with Crippen LogP contribution < -0.4 is 5.73 Å². The van der Waals surface area contributed by atoms with Crippen LogP contribution in [0.25, 0.3) is 0 Å². The maximum Gasteiger partial charge on any atom is 0.435 e. The van der Waals surface area contributed by atoms with Gasteiger partial charge in [0.05, 0.1) is 0 Å². The average molecular weight is 236 g/mol. The SMILES string of the molecule is Cc1cc(C(F)(F)F)nn1CC/C(N)=N/O. The lowest BCUT2D eigenvalue weighted by Gasteiger charge is -2.03. The molecule has 0 unspecified atom stereocenters. The van der Waals surface area contributed by atoms with Crippen molar-refractivity contribution in [3.05, 3.63) is 17.5 Å². The van der Waals surface area contributed by atoms with Gasteiger partial charge in [-0.25, -0.2) is 0 Å². The molecule has 0 spiro atoms. The lowest BCUT2D eigenvalue weighted by molar-refractivity contribution is -0.141. The van der Waals surface area contributed by atoms with Crippen LogP contribution in [0.2, 0.25) is 0 Å². The fourth-order valence-electron chi connectivity index (χ4n) is 1.15. The van der Waals surface area contributed by atoms with Gasteiger partial charge in [-0.3, -0.25) is 4.68 Å². The minimum absolute atomic E-state index is 0.0524. The van der Waals surface area contributed by atoms with E-state index in [4.69, 9.17) is 10.9 Å². The van der Waals surface area contributed by atoms with Crippen molar-refractivity contribution in [3.8, 4) is 0 Å². The number of hydrogen-bond donors (Lipinski definition) is 2. The second kappa shape index (κ2) is 4.42. The van der Waals surface area contributed by atoms with Crippen molar-refractivity contribution in [1.82, 2.24) is 9.78 Å². The molecular weight excluding hydrogens is 225 g/mol. The van der Waals surface area contributed by atoms with Crippen molar-refractivity contribution in [2.45, 2.75) is 26.1 Å². The van der Waals surface area contributed by atoms with E-state index in [2.05, 4.69) is 10.3 Å². The van der Waals surface area contributed by atoms with Gasteiger partial charge in [0.25, 0.3) is 0 Å². The Labute approximate surface area is 89.3 Å². The van der Waals surface area contributed by atoms with E-state index in [-0.39, 0.29) is 18.8 Å². The van der Waals surface area contributed by atoms with E-state index in [1.807, 2.05) is 0 Å². The summed E-state index contributed by atoms with van der Waals surface area (Å²) in [6.07, 6.45) is -4.32. The molecular formula is C8H11F3N4O. The number of aryl methyl sites for hydroxylation is 2. The van der Waals surface area contributed by atoms with Crippen LogP contribution in [-0.2, 0) is 12.7 Å². The van der Waals surface area contributed by atoms with Gasteiger partial charge in [-0.15, -0.1) is 0 Å². The molecule has 16 heavy (non-hydrogen) atoms. The summed E-state index contributed by atoms with van der Waals surface area (Å²) in [6, 6.07) is 0.951. The van der Waals surface area contributed by atoms with Crippen molar-refractivity contribution >= 4 is 5.84 Å². The molecule has 0 bridgehead atoms. The third kappa shape index (κ3) is 2.88. The minimum Gasteiger partial charge on any atom is -0.409 e. The van der Waals surface area contributed by atoms with Gasteiger partial charge in [-0.2, -0.15) is 18.3 Å². The number of oxime groups is 1. The molecule has 1 heterocycles. The van der Waals surface area contributed by atoms with Crippen molar-refractivity contribution in [3.63, 3.8) is 0 Å². The van der Waals surface area contributed by atoms with Gasteiger partial charge in [0, 0.05) is 18.7 Å². The summed E-state index contributed by atoms with van der Waals surface area (Å²) in [5.74, 6) is -0.0524. The van der Waals surface area contributed by atoms with Crippen LogP contribution in [0.4, 0.5) is 13.2 Å². The Balaban J connectivity index is 2.79. The van der Waals surface area contributed by atoms with Crippen LogP contribution in [0.3, 0.4) is 0 Å². The number of halogens is 3. The normalized spacial score (nSPS) is 13.1. The molecule has 1 rings (SSSR count). The molecule has 3 N–H and O–H groups in total. The van der Waals surface area contributed by atoms with Crippen LogP contribution in [0.1, 0.15) is 17.8 Å². The summed E-state index contributed by atoms with van der Waals surface area (Å²) < 4.78 is 38.0. The lowest BCUT2D eigenvalue weighted by Crippen LogP contribution is -2.16. The van der Waals surface area contributed by atoms with E-state index in [1.165, 1.54) is 11.6 Å². The second-order valence-electron chi connectivity index (χ2n) is 3.23. The maximum atomic E-state index is 12.3. The zero-order valence-electron chi connectivity index (χ0n) is 8.49. The van der Waals surface area contributed by atoms with Gasteiger partial charge >= 0.3 is 6.18 Å². The predicted octanol–water partition coefficient (Wildman–Crippen LogP) is 1.35. The van der Waals surface area contributed by atoms with Crippen LogP contribution in [0, 0.1) is 6.92 Å². The Kier molecular flexibility index (Phi) is 3.41. The molecule has 0 aliphatic carbocycles. The molecule has 90 valence electrons. The lowest BCUT2D eigenvalue weighted by atomic mass is 10.3. The molecule has 1 aromatic rings. The summed E-state index contributed by atoms with van der Waals surface area (Å²) >= 11 is 0. The molecule has 8 heteroatoms. The molecule has 0 aromatic carbocycles. The monoisotopic (exact) mass is 236 g/mol. The Morgan fingerprint density at radius 2 is 2.25 bits per heavy atom. The van der Waals surface area contributed by atoms with Crippen molar-refractivity contribution < 1.29 is 18.4 Å². The first-order valence-corrected chi connectivity index (χ1v) is 4.42. The molecule has 0 amide bonds. The maximum absolute atomic E-state index is 12.3. The summed E-state index contributed by atoms with van der Waals surface area (Å²) in [5.41, 5.74) is 4.63. The summed E-state index contributed by atoms with van der Waals surface area (Å²) in [6.45, 7) is 1.65. The summed E-state index contributed by atoms with van der Waals surface area (Å²) in [5, 5.41) is 14.4. The molecule has 0 radical (unpaired) electrons. The van der Waals surface area contributed by atoms with E-state index in [0.29, 0.717) is 5.69 Å². The van der Waals surface area contributed by atoms with Gasteiger partial charge in [-0.1, -0.05) is 5.16 Å². The zero-order valence-corrected chi connectivity index (χ0v) is 8.49. The minimum atomic E-state index is -4.45. The Morgan fingerprint density at radius 1 is 1.62 bits per heavy atom. The fraction of sp³-hybridized carbons (Fsp3) is 0.500. The van der Waals surface area contributed by atoms with Crippen LogP contribution in [0.15, 0.2) is 11.2 Å². The number of nitrogens with zero attached hydrogens (tertiary/aromatic N) is 3. The molecule has 0 aliphatic heterocycles. The molecule has 0 atom stereocenters. The van der Waals surface area contributed by atoms with Crippen molar-refractivity contribution in [2.75, 3.05) is 0 Å². The molecule has 0 saturated carbocycles. The van der Waals surface area contributed by atoms with Gasteiger partial charge in [0.2, 0.25) is 0 Å². The van der Waals surface area contributed by atoms with Crippen LogP contribution >= 0.6 is 0 Å². The van der Waals surface area contributed by atoms with Gasteiger partial charge < -0.3 is 10.9 Å². The van der Waals surface area contributed by atoms with E-state index in [1.54, 1.807) is 0 Å². The van der Waals surface area contributed by atoms with Gasteiger partial charge in [0.1, 0.15) is 5.84 Å². The number of hydrogen-bond acceptors (Lipinski definition) is 3. The van der Waals surface area contributed by atoms with Gasteiger partial charge in [-0.05, 0) is 13.0 Å². The van der Waals surface area contributed by atoms with E-state index in [9.17, 15) is 13.2 Å². The topological polar surface area (TPSA) is 76.4 Å². The third-order valence-corrected chi connectivity index (χ3v) is 1.98. The highest BCUT2D eigenvalue weighted by molar-refractivity contribution is 5.79. The first-order chi connectivity index (χ1) is 7.34. The van der Waals surface area contributed by atoms with E-state index in [0.717, 1.165) is 6.07 Å². The highest BCUT2D eigenvalue weighted by Gasteiger charge is 2.34. The Hall–Kier alpha value is -1.73.